The number of H-pyrrole nitrogens is 1. The number of phenolic OH excluding ortho intramolecular Hbond substituents is 1. The van der Waals surface area contributed by atoms with E-state index in [-0.39, 0.29) is 79.6 Å². The normalized spacial score (nSPS) is 15.0. The van der Waals surface area contributed by atoms with Gasteiger partial charge in [-0.1, -0.05) is 56.7 Å². The molecule has 0 bridgehead atoms. The van der Waals surface area contributed by atoms with Gasteiger partial charge in [0, 0.05) is 83.6 Å². The molecule has 5 aromatic rings. The summed E-state index contributed by atoms with van der Waals surface area (Å²) in [6.45, 7) is 6.17. The Kier molecular flexibility index (Phi) is 19.1. The number of primary amides is 1. The first-order valence-corrected chi connectivity index (χ1v) is 25.2. The predicted octanol–water partition coefficient (Wildman–Crippen LogP) is 6.58. The van der Waals surface area contributed by atoms with Crippen molar-refractivity contribution < 1.29 is 47.9 Å². The third kappa shape index (κ3) is 14.1. The number of nitrogens with one attached hydrogen (secondary N) is 5. The number of fused-ring (bicyclic) bond motifs is 4. The third-order valence-corrected chi connectivity index (χ3v) is 13.6. The van der Waals surface area contributed by atoms with E-state index in [1.165, 1.54) is 12.2 Å². The first kappa shape index (κ1) is 56.2. The van der Waals surface area contributed by atoms with Crippen LogP contribution < -0.4 is 36.6 Å². The molecule has 74 heavy (non-hydrogen) atoms. The second-order valence-corrected chi connectivity index (χ2v) is 20.0. The van der Waals surface area contributed by atoms with E-state index in [1.54, 1.807) is 36.9 Å². The van der Waals surface area contributed by atoms with Gasteiger partial charge in [-0.25, -0.2) is 4.79 Å². The second-order valence-electron chi connectivity index (χ2n) is 19.7. The van der Waals surface area contributed by atoms with Gasteiger partial charge in [0.25, 0.3) is 17.7 Å². The number of amides is 8. The summed E-state index contributed by atoms with van der Waals surface area (Å²) in [6, 6.07) is 21.5. The molecule has 394 valence electrons. The smallest absolute Gasteiger partial charge is 0.312 e. The van der Waals surface area contributed by atoms with Crippen LogP contribution >= 0.6 is 24.0 Å². The average molecular weight is 1060 g/mol. The molecule has 3 heterocycles. The number of urea groups is 1. The number of carbonyl (C=O) groups is 7. The number of aromatic hydroxyl groups is 1. The van der Waals surface area contributed by atoms with Gasteiger partial charge in [0.1, 0.15) is 49.0 Å². The number of unbranched alkanes of at least 4 members (excludes halogenated alkanes) is 2. The van der Waals surface area contributed by atoms with E-state index in [9.17, 15) is 38.7 Å². The van der Waals surface area contributed by atoms with Crippen molar-refractivity contribution in [2.45, 2.75) is 76.9 Å². The molecule has 0 spiro atoms. The first-order chi connectivity index (χ1) is 34.9. The van der Waals surface area contributed by atoms with E-state index >= 15 is 0 Å². The number of nitrogens with zero attached hydrogens (tertiary/aromatic N) is 3. The lowest BCUT2D eigenvalue weighted by molar-refractivity contribution is -0.903. The fraction of sp³-hybridized carbons (Fsp3) is 0.389. The lowest BCUT2D eigenvalue weighted by Gasteiger charge is -2.30. The Bertz CT molecular complexity index is 2890. The van der Waals surface area contributed by atoms with Gasteiger partial charge in [0.15, 0.2) is 0 Å². The average Bonchev–Trinajstić information content (AvgIpc) is 4.05. The molecule has 1 aromatic heterocycles. The number of halogens is 2. The number of quaternary nitrogens is 1. The van der Waals surface area contributed by atoms with Gasteiger partial charge >= 0.3 is 6.03 Å². The third-order valence-electron chi connectivity index (χ3n) is 13.2. The topological polar surface area (TPSA) is 245 Å². The monoisotopic (exact) mass is 1050 g/mol. The Balaban J connectivity index is 0.00000892. The quantitative estimate of drug-likeness (QED) is 0.0152. The SMILES string of the molecule is CC(C)[C@H](NC(=O)CCCCCN1C(=O)C=CC1=O)C(=O)N[C@@H](CCCNC(N)=O)C(=O)Nc1ccc(C[N+](C)(C)CCOc2ccc3[nH]c(C(=O)N4C[C@@H](CCl)c5c4cc(O)c4ccccc54)cc3c2)cc1.Cl. The van der Waals surface area contributed by atoms with E-state index in [2.05, 4.69) is 40.3 Å². The summed E-state index contributed by atoms with van der Waals surface area (Å²) < 4.78 is 6.81. The van der Waals surface area contributed by atoms with Gasteiger partial charge in [0.05, 0.1) is 19.8 Å². The van der Waals surface area contributed by atoms with Crippen LogP contribution in [0, 0.1) is 5.92 Å². The van der Waals surface area contributed by atoms with Crippen LogP contribution in [0.25, 0.3) is 21.7 Å². The highest BCUT2D eigenvalue weighted by atomic mass is 35.5. The minimum Gasteiger partial charge on any atom is -0.507 e. The highest BCUT2D eigenvalue weighted by Crippen LogP contribution is 2.45. The number of hydrogen-bond acceptors (Lipinski definition) is 9. The highest BCUT2D eigenvalue weighted by molar-refractivity contribution is 6.19. The largest absolute Gasteiger partial charge is 0.507 e. The van der Waals surface area contributed by atoms with Crippen molar-refractivity contribution in [3.8, 4) is 11.5 Å². The van der Waals surface area contributed by atoms with E-state index in [0.29, 0.717) is 85.1 Å². The molecule has 4 aromatic carbocycles. The van der Waals surface area contributed by atoms with Gasteiger partial charge in [-0.3, -0.25) is 33.7 Å². The molecule has 20 heteroatoms. The minimum absolute atomic E-state index is 0. The number of rotatable bonds is 24. The molecule has 2 aliphatic rings. The number of nitrogens with two attached hydrogens (primary N) is 1. The van der Waals surface area contributed by atoms with Crippen LogP contribution in [0.3, 0.4) is 0 Å². The number of likely N-dealkylation sites (N-methyl/N-ethyl adjacent to an activating group) is 1. The first-order valence-electron chi connectivity index (χ1n) is 24.7. The molecule has 18 nitrogen and oxygen atoms in total. The van der Waals surface area contributed by atoms with Gasteiger partial charge in [-0.2, -0.15) is 0 Å². The number of alkyl halides is 1. The Morgan fingerprint density at radius 1 is 0.892 bits per heavy atom. The summed E-state index contributed by atoms with van der Waals surface area (Å²) in [6.07, 6.45) is 4.74. The maximum atomic E-state index is 14.0. The molecular weight excluding hydrogens is 990 g/mol. The molecule has 0 radical (unpaired) electrons. The van der Waals surface area contributed by atoms with Crippen molar-refractivity contribution in [2.75, 3.05) is 63.0 Å². The number of aromatic nitrogens is 1. The molecule has 0 unspecified atom stereocenters. The van der Waals surface area contributed by atoms with Gasteiger partial charge in [-0.05, 0) is 78.9 Å². The maximum absolute atomic E-state index is 14.0. The van der Waals surface area contributed by atoms with Gasteiger partial charge in [0.2, 0.25) is 17.7 Å². The molecule has 7 rings (SSSR count). The van der Waals surface area contributed by atoms with Crippen molar-refractivity contribution in [3.05, 3.63) is 108 Å². The summed E-state index contributed by atoms with van der Waals surface area (Å²) in [7, 11) is 4.19. The van der Waals surface area contributed by atoms with Crippen LogP contribution in [0.4, 0.5) is 16.2 Å². The number of ether oxygens (including phenoxy) is 1. The fourth-order valence-corrected chi connectivity index (χ4v) is 9.58. The summed E-state index contributed by atoms with van der Waals surface area (Å²) >= 11 is 6.42. The number of imide groups is 1. The summed E-state index contributed by atoms with van der Waals surface area (Å²) in [5.41, 5.74) is 9.58. The van der Waals surface area contributed by atoms with E-state index in [0.717, 1.165) is 37.7 Å². The Morgan fingerprint density at radius 3 is 2.30 bits per heavy atom. The number of carbonyl (C=O) groups excluding carboxylic acids is 7. The van der Waals surface area contributed by atoms with Crippen LogP contribution in [-0.4, -0.2) is 126 Å². The van der Waals surface area contributed by atoms with Crippen LogP contribution in [0.2, 0.25) is 0 Å². The molecule has 0 fully saturated rings. The number of benzene rings is 4. The number of anilines is 2. The number of phenols is 1. The van der Waals surface area contributed by atoms with Gasteiger partial charge in [-0.15, -0.1) is 24.0 Å². The molecule has 0 saturated carbocycles. The van der Waals surface area contributed by atoms with Crippen LogP contribution in [-0.2, 0) is 30.5 Å². The van der Waals surface area contributed by atoms with Crippen LogP contribution in [0.1, 0.15) is 79.9 Å². The molecule has 3 atom stereocenters. The lowest BCUT2D eigenvalue weighted by atomic mass is 9.95. The van der Waals surface area contributed by atoms with Crippen LogP contribution in [0.15, 0.2) is 91.0 Å². The van der Waals surface area contributed by atoms with Crippen molar-refractivity contribution in [3.63, 3.8) is 0 Å². The number of aromatic amines is 1. The van der Waals surface area contributed by atoms with E-state index in [1.807, 2.05) is 60.7 Å². The second kappa shape index (κ2) is 25.2. The Labute approximate surface area is 441 Å². The highest BCUT2D eigenvalue weighted by Gasteiger charge is 2.36. The van der Waals surface area contributed by atoms with E-state index < -0.39 is 29.9 Å². The molecule has 8 N–H and O–H groups in total. The van der Waals surface area contributed by atoms with Crippen molar-refractivity contribution in [1.82, 2.24) is 25.8 Å². The zero-order valence-corrected chi connectivity index (χ0v) is 43.7. The zero-order chi connectivity index (χ0) is 52.4. The van der Waals surface area contributed by atoms with Crippen molar-refractivity contribution in [2.24, 2.45) is 11.7 Å². The summed E-state index contributed by atoms with van der Waals surface area (Å²) in [5.74, 6) is -1.54. The molecule has 8 amide bonds. The molecular formula is C54H66Cl2N9O9+. The lowest BCUT2D eigenvalue weighted by Crippen LogP contribution is -2.54. The maximum Gasteiger partial charge on any atom is 0.312 e. The summed E-state index contributed by atoms with van der Waals surface area (Å²) in [5, 5.41) is 24.3. The summed E-state index contributed by atoms with van der Waals surface area (Å²) in [4.78, 5) is 95.3. The Hall–Kier alpha value is -7.15. The molecule has 0 aliphatic carbocycles. The van der Waals surface area contributed by atoms with Crippen molar-refractivity contribution >= 4 is 98.5 Å². The Morgan fingerprint density at radius 2 is 1.61 bits per heavy atom. The molecule has 0 saturated heterocycles. The van der Waals surface area contributed by atoms with E-state index in [4.69, 9.17) is 22.1 Å². The van der Waals surface area contributed by atoms with Crippen LogP contribution in [0.5, 0.6) is 11.5 Å². The minimum atomic E-state index is -1.00. The standard InChI is InChI=1S/C54H64ClN9O9.ClH/c1-33(2)50(61-46(66)14-6-5-9-24-62-47(67)21-22-48(62)68)52(70)60-42(13-10-23-57-54(56)72)51(69)58-37-17-15-34(16-18-37)32-64(3,4)25-26-73-38-19-20-41-35(27-38)28-43(59-41)53(71)63-31-36(30-55)49-40-12-8-7-11-39(40)45(65)29-44(49)63;/h7-8,11-12,15-22,27-29,33,36,42,50H,5-6,9-10,13-14,23-26,30-32H2,1-4H3,(H7-,56,57,58,59,60,61,65,66,69,70,71,72);1H/p+1/t36-,42+,50+;/m1./s1. The predicted molar refractivity (Wildman–Crippen MR) is 287 cm³/mol. The van der Waals surface area contributed by atoms with Crippen molar-refractivity contribution in [1.29, 1.82) is 0 Å². The van der Waals surface area contributed by atoms with Gasteiger partial charge < -0.3 is 51.2 Å². The zero-order valence-electron chi connectivity index (χ0n) is 42.1. The fourth-order valence-electron chi connectivity index (χ4n) is 9.33. The molecule has 2 aliphatic heterocycles. The number of hydrogen-bond donors (Lipinski definition) is 7.